The van der Waals surface area contributed by atoms with Gasteiger partial charge in [0.05, 0.1) is 12.2 Å². The maximum absolute atomic E-state index is 10.5. The van der Waals surface area contributed by atoms with Crippen LogP contribution in [0.5, 0.6) is 0 Å². The molecule has 0 amide bonds. The van der Waals surface area contributed by atoms with Crippen molar-refractivity contribution >= 4 is 5.97 Å². The summed E-state index contributed by atoms with van der Waals surface area (Å²) in [5.74, 6) is -0.323. The van der Waals surface area contributed by atoms with Crippen molar-refractivity contribution in [2.75, 3.05) is 6.61 Å². The van der Waals surface area contributed by atoms with Gasteiger partial charge in [0.15, 0.2) is 0 Å². The van der Waals surface area contributed by atoms with E-state index in [0.717, 1.165) is 0 Å². The predicted molar refractivity (Wildman–Crippen MR) is 46.1 cm³/mol. The molecule has 1 N–H and O–H groups in total. The summed E-state index contributed by atoms with van der Waals surface area (Å²) in [6, 6.07) is 0. The second-order valence-corrected chi connectivity index (χ2v) is 3.06. The summed E-state index contributed by atoms with van der Waals surface area (Å²) < 4.78 is 10.1. The van der Waals surface area contributed by atoms with Crippen LogP contribution in [0.3, 0.4) is 0 Å². The fraction of sp³-hybridized carbons (Fsp3) is 0.667. The van der Waals surface area contributed by atoms with Gasteiger partial charge in [-0.1, -0.05) is 12.2 Å². The number of aliphatic hydroxyl groups is 1. The molecule has 0 saturated carbocycles. The lowest BCUT2D eigenvalue weighted by atomic mass is 10.1. The second kappa shape index (κ2) is 4.39. The van der Waals surface area contributed by atoms with Gasteiger partial charge >= 0.3 is 5.97 Å². The second-order valence-electron chi connectivity index (χ2n) is 3.06. The average molecular weight is 186 g/mol. The van der Waals surface area contributed by atoms with Crippen LogP contribution in [0, 0.1) is 0 Å². The van der Waals surface area contributed by atoms with Crippen LogP contribution in [0.15, 0.2) is 12.2 Å². The van der Waals surface area contributed by atoms with Crippen molar-refractivity contribution in [1.29, 1.82) is 0 Å². The lowest BCUT2D eigenvalue weighted by Gasteiger charge is -2.26. The van der Waals surface area contributed by atoms with Gasteiger partial charge in [0.2, 0.25) is 0 Å². The Morgan fingerprint density at radius 3 is 2.85 bits per heavy atom. The zero-order valence-corrected chi connectivity index (χ0v) is 7.77. The molecule has 0 fully saturated rings. The number of carbonyl (C=O) groups is 1. The van der Waals surface area contributed by atoms with Gasteiger partial charge in [0, 0.05) is 6.92 Å². The minimum absolute atomic E-state index is 0.211. The molecule has 0 aliphatic carbocycles. The third-order valence-corrected chi connectivity index (χ3v) is 1.84. The van der Waals surface area contributed by atoms with Crippen molar-refractivity contribution in [2.45, 2.75) is 32.2 Å². The zero-order chi connectivity index (χ0) is 9.84. The third kappa shape index (κ3) is 3.16. The first-order valence-corrected chi connectivity index (χ1v) is 4.25. The fourth-order valence-corrected chi connectivity index (χ4v) is 1.09. The standard InChI is InChI=1S/C9H14O4/c1-6-9(11)4-3-8(13-6)5-12-7(2)10/h3-4,6,8-9,11H,5H2,1-2H3/t6-,8+,9-/m1/s1. The third-order valence-electron chi connectivity index (χ3n) is 1.84. The predicted octanol–water partition coefficient (Wildman–Crippen LogP) is 0.254. The first-order valence-electron chi connectivity index (χ1n) is 4.25. The lowest BCUT2D eigenvalue weighted by Crippen LogP contribution is -2.35. The zero-order valence-electron chi connectivity index (χ0n) is 7.77. The van der Waals surface area contributed by atoms with Crippen LogP contribution in [0.1, 0.15) is 13.8 Å². The van der Waals surface area contributed by atoms with Crippen LogP contribution in [0.25, 0.3) is 0 Å². The topological polar surface area (TPSA) is 55.8 Å². The first-order chi connectivity index (χ1) is 6.09. The Balaban J connectivity index is 2.37. The molecule has 0 saturated heterocycles. The Kier molecular flexibility index (Phi) is 3.45. The number of hydrogen-bond acceptors (Lipinski definition) is 4. The maximum atomic E-state index is 10.5. The van der Waals surface area contributed by atoms with Crippen molar-refractivity contribution in [1.82, 2.24) is 0 Å². The quantitative estimate of drug-likeness (QED) is 0.496. The fourth-order valence-electron chi connectivity index (χ4n) is 1.09. The number of esters is 1. The number of aliphatic hydroxyl groups excluding tert-OH is 1. The van der Waals surface area contributed by atoms with E-state index in [1.807, 2.05) is 0 Å². The Morgan fingerprint density at radius 2 is 2.31 bits per heavy atom. The molecule has 1 aliphatic heterocycles. The summed E-state index contributed by atoms with van der Waals surface area (Å²) in [4.78, 5) is 10.5. The molecule has 4 heteroatoms. The Hall–Kier alpha value is -0.870. The molecule has 4 nitrogen and oxygen atoms in total. The number of ether oxygens (including phenoxy) is 2. The molecule has 74 valence electrons. The first kappa shape index (κ1) is 10.2. The van der Waals surface area contributed by atoms with Crippen molar-refractivity contribution < 1.29 is 19.4 Å². The van der Waals surface area contributed by atoms with E-state index in [4.69, 9.17) is 9.47 Å². The Bertz CT molecular complexity index is 212. The maximum Gasteiger partial charge on any atom is 0.302 e. The number of hydrogen-bond donors (Lipinski definition) is 1. The summed E-state index contributed by atoms with van der Waals surface area (Å²) in [6.45, 7) is 3.34. The molecule has 3 atom stereocenters. The minimum Gasteiger partial charge on any atom is -0.463 e. The van der Waals surface area contributed by atoms with E-state index in [2.05, 4.69) is 0 Å². The van der Waals surface area contributed by atoms with Crippen LogP contribution in [-0.2, 0) is 14.3 Å². The molecule has 1 rings (SSSR count). The molecule has 13 heavy (non-hydrogen) atoms. The van der Waals surface area contributed by atoms with Crippen LogP contribution >= 0.6 is 0 Å². The van der Waals surface area contributed by atoms with Crippen molar-refractivity contribution in [2.24, 2.45) is 0 Å². The van der Waals surface area contributed by atoms with Gasteiger partial charge in [-0.2, -0.15) is 0 Å². The van der Waals surface area contributed by atoms with E-state index in [1.54, 1.807) is 19.1 Å². The molecule has 1 heterocycles. The highest BCUT2D eigenvalue weighted by molar-refractivity contribution is 5.65. The summed E-state index contributed by atoms with van der Waals surface area (Å²) >= 11 is 0. The SMILES string of the molecule is CC(=O)OC[C@@H]1C=C[C@@H](O)[C@@H](C)O1. The summed E-state index contributed by atoms with van der Waals surface area (Å²) in [7, 11) is 0. The highest BCUT2D eigenvalue weighted by Gasteiger charge is 2.21. The van der Waals surface area contributed by atoms with Gasteiger partial charge in [-0.3, -0.25) is 4.79 Å². The molecule has 1 aliphatic rings. The largest absolute Gasteiger partial charge is 0.463 e. The van der Waals surface area contributed by atoms with Crippen molar-refractivity contribution in [3.63, 3.8) is 0 Å². The highest BCUT2D eigenvalue weighted by atomic mass is 16.6. The molecule has 0 radical (unpaired) electrons. The van der Waals surface area contributed by atoms with E-state index in [9.17, 15) is 9.90 Å². The molecular weight excluding hydrogens is 172 g/mol. The summed E-state index contributed by atoms with van der Waals surface area (Å²) in [6.07, 6.45) is 2.32. The van der Waals surface area contributed by atoms with E-state index in [-0.39, 0.29) is 24.8 Å². The van der Waals surface area contributed by atoms with Gasteiger partial charge < -0.3 is 14.6 Å². The molecule has 0 aromatic rings. The van der Waals surface area contributed by atoms with Crippen LogP contribution in [0.2, 0.25) is 0 Å². The van der Waals surface area contributed by atoms with E-state index in [1.165, 1.54) is 6.92 Å². The van der Waals surface area contributed by atoms with Gasteiger partial charge in [0.25, 0.3) is 0 Å². The Morgan fingerprint density at radius 1 is 1.62 bits per heavy atom. The molecule has 0 bridgehead atoms. The summed E-state index contributed by atoms with van der Waals surface area (Å²) in [5, 5.41) is 9.25. The van der Waals surface area contributed by atoms with Crippen LogP contribution < -0.4 is 0 Å². The van der Waals surface area contributed by atoms with Gasteiger partial charge in [-0.05, 0) is 6.92 Å². The van der Waals surface area contributed by atoms with Gasteiger partial charge in [-0.15, -0.1) is 0 Å². The average Bonchev–Trinajstić information content (AvgIpc) is 2.07. The number of carbonyl (C=O) groups excluding carboxylic acids is 1. The van der Waals surface area contributed by atoms with E-state index in [0.29, 0.717) is 0 Å². The molecule has 0 aromatic heterocycles. The van der Waals surface area contributed by atoms with E-state index >= 15 is 0 Å². The molecular formula is C9H14O4. The van der Waals surface area contributed by atoms with Crippen molar-refractivity contribution in [3.8, 4) is 0 Å². The van der Waals surface area contributed by atoms with Crippen molar-refractivity contribution in [3.05, 3.63) is 12.2 Å². The summed E-state index contributed by atoms with van der Waals surface area (Å²) in [5.41, 5.74) is 0. The van der Waals surface area contributed by atoms with Crippen LogP contribution in [0.4, 0.5) is 0 Å². The normalized spacial score (nSPS) is 33.0. The van der Waals surface area contributed by atoms with E-state index < -0.39 is 6.10 Å². The Labute approximate surface area is 77.1 Å². The molecule has 0 unspecified atom stereocenters. The number of rotatable bonds is 2. The minimum atomic E-state index is -0.562. The monoisotopic (exact) mass is 186 g/mol. The molecule has 0 aromatic carbocycles. The smallest absolute Gasteiger partial charge is 0.302 e. The van der Waals surface area contributed by atoms with Crippen LogP contribution in [-0.4, -0.2) is 36.0 Å². The van der Waals surface area contributed by atoms with Gasteiger partial charge in [-0.25, -0.2) is 0 Å². The lowest BCUT2D eigenvalue weighted by molar-refractivity contribution is -0.146. The molecule has 0 spiro atoms. The highest BCUT2D eigenvalue weighted by Crippen LogP contribution is 2.12. The van der Waals surface area contributed by atoms with Gasteiger partial charge in [0.1, 0.15) is 12.7 Å².